The minimum Gasteiger partial charge on any atom is -0.455 e. The normalized spacial score (nSPS) is 12.1. The van der Waals surface area contributed by atoms with E-state index in [0.717, 1.165) is 86.8 Å². The molecule has 16 rings (SSSR count). The molecule has 0 aliphatic heterocycles. The Hall–Kier alpha value is -9.18. The predicted octanol–water partition coefficient (Wildman–Crippen LogP) is 18.9. The number of furan rings is 1. The molecule has 12 aromatic carbocycles. The maximum Gasteiger partial charge on any atom is 0.226 e. The van der Waals surface area contributed by atoms with Gasteiger partial charge in [0.1, 0.15) is 11.2 Å². The molecule has 0 saturated carbocycles. The summed E-state index contributed by atoms with van der Waals surface area (Å²) in [6.45, 7) is 0. The van der Waals surface area contributed by atoms with E-state index in [9.17, 15) is 0 Å². The van der Waals surface area contributed by atoms with Gasteiger partial charge in [-0.25, -0.2) is 9.97 Å². The first-order valence-electron chi connectivity index (χ1n) is 24.9. The van der Waals surface area contributed by atoms with Crippen molar-refractivity contribution in [3.05, 3.63) is 217 Å². The second-order valence-corrected chi connectivity index (χ2v) is 21.0. The molecule has 0 aliphatic carbocycles. The molecule has 0 bridgehead atoms. The van der Waals surface area contributed by atoms with E-state index in [-0.39, 0.29) is 10.6 Å². The third kappa shape index (κ3) is 6.75. The monoisotopic (exact) mass is 1030 g/mol. The number of thiophene rings is 1. The van der Waals surface area contributed by atoms with Crippen molar-refractivity contribution in [2.75, 3.05) is 0 Å². The fraction of sp³-hybridized carbons (Fsp3) is 0. The maximum absolute atomic E-state index is 6.70. The zero-order valence-corrected chi connectivity index (χ0v) is 42.2. The van der Waals surface area contributed by atoms with Gasteiger partial charge in [-0.1, -0.05) is 158 Å². The first-order valence-corrected chi connectivity index (χ1v) is 26.4. The highest BCUT2D eigenvalue weighted by atomic mass is 35.5. The number of nitrogens with zero attached hydrogens (tertiary/aromatic N) is 6. The standard InChI is InChI=1S/C66H34Cl2N6OS/c67-65-71-61(37-21-26-46-42-12-2-1-10-40(42)41-11-3-4-13-43(41)54(46)32-37)69-63(73-65)39-23-28-50-56-31-36(24-29-58(56)76-59(50)34-39)35-20-25-47-48-27-22-38(33-55(48)45-15-6-5-14-44(45)53(47)30-35)62-70-64(74-66(68)72-62)52-18-9-17-51-49-16-7-8-19-57(49)75-60(51)52/h1-34H. The Kier molecular flexibility index (Phi) is 9.48. The van der Waals surface area contributed by atoms with Crippen molar-refractivity contribution in [1.82, 2.24) is 29.9 Å². The number of hydrogen-bond acceptors (Lipinski definition) is 8. The lowest BCUT2D eigenvalue weighted by atomic mass is 9.91. The van der Waals surface area contributed by atoms with E-state index >= 15 is 0 Å². The van der Waals surface area contributed by atoms with E-state index < -0.39 is 0 Å². The van der Waals surface area contributed by atoms with Crippen LogP contribution in [0, 0.1) is 0 Å². The molecule has 7 nitrogen and oxygen atoms in total. The smallest absolute Gasteiger partial charge is 0.226 e. The van der Waals surface area contributed by atoms with Gasteiger partial charge in [-0.05, 0) is 147 Å². The first-order chi connectivity index (χ1) is 37.4. The molecule has 16 aromatic rings. The Bertz CT molecular complexity index is 5130. The largest absolute Gasteiger partial charge is 0.455 e. The molecule has 0 aliphatic rings. The molecule has 0 unspecified atom stereocenters. The van der Waals surface area contributed by atoms with Crippen LogP contribution in [0.2, 0.25) is 10.6 Å². The summed E-state index contributed by atoms with van der Waals surface area (Å²) in [6.07, 6.45) is 0. The van der Waals surface area contributed by atoms with E-state index in [0.29, 0.717) is 28.9 Å². The zero-order valence-electron chi connectivity index (χ0n) is 39.9. The average Bonchev–Trinajstić information content (AvgIpc) is 4.11. The van der Waals surface area contributed by atoms with Crippen LogP contribution in [0.1, 0.15) is 0 Å². The lowest BCUT2D eigenvalue weighted by molar-refractivity contribution is 0.669. The van der Waals surface area contributed by atoms with Gasteiger partial charge >= 0.3 is 0 Å². The summed E-state index contributed by atoms with van der Waals surface area (Å²) >= 11 is 15.1. The fourth-order valence-electron chi connectivity index (χ4n) is 11.5. The van der Waals surface area contributed by atoms with Crippen LogP contribution in [0.4, 0.5) is 0 Å². The molecule has 0 N–H and O–H groups in total. The molecule has 0 atom stereocenters. The van der Waals surface area contributed by atoms with Gasteiger partial charge < -0.3 is 4.42 Å². The van der Waals surface area contributed by atoms with Crippen LogP contribution in [0.5, 0.6) is 0 Å². The fourth-order valence-corrected chi connectivity index (χ4v) is 13.0. The molecule has 76 heavy (non-hydrogen) atoms. The molecule has 0 amide bonds. The lowest BCUT2D eigenvalue weighted by Crippen LogP contribution is -1.97. The zero-order chi connectivity index (χ0) is 50.2. The lowest BCUT2D eigenvalue weighted by Gasteiger charge is -2.13. The highest BCUT2D eigenvalue weighted by Gasteiger charge is 2.20. The molecule has 354 valence electrons. The van der Waals surface area contributed by atoms with Gasteiger partial charge in [0.25, 0.3) is 0 Å². The molecule has 4 heterocycles. The van der Waals surface area contributed by atoms with E-state index in [2.05, 4.69) is 196 Å². The predicted molar refractivity (Wildman–Crippen MR) is 316 cm³/mol. The Morgan fingerprint density at radius 3 is 1.24 bits per heavy atom. The molecule has 10 heteroatoms. The van der Waals surface area contributed by atoms with Gasteiger partial charge in [0.15, 0.2) is 23.3 Å². The molecular weight excluding hydrogens is 996 g/mol. The number of fused-ring (bicyclic) bond motifs is 18. The van der Waals surface area contributed by atoms with Gasteiger partial charge in [-0.3, -0.25) is 0 Å². The Morgan fingerprint density at radius 1 is 0.276 bits per heavy atom. The highest BCUT2D eigenvalue weighted by molar-refractivity contribution is 7.25. The average molecular weight is 1030 g/mol. The topological polar surface area (TPSA) is 90.5 Å². The molecule has 4 aromatic heterocycles. The van der Waals surface area contributed by atoms with Crippen LogP contribution in [0.25, 0.3) is 163 Å². The van der Waals surface area contributed by atoms with Crippen LogP contribution >= 0.6 is 34.5 Å². The summed E-state index contributed by atoms with van der Waals surface area (Å²) in [6, 6.07) is 72.7. The Balaban J connectivity index is 0.749. The molecule has 0 saturated heterocycles. The summed E-state index contributed by atoms with van der Waals surface area (Å²) < 4.78 is 8.69. The molecule has 0 fully saturated rings. The van der Waals surface area contributed by atoms with Crippen molar-refractivity contribution in [2.24, 2.45) is 0 Å². The quantitative estimate of drug-likeness (QED) is 0.159. The molecule has 0 radical (unpaired) electrons. The van der Waals surface area contributed by atoms with Crippen LogP contribution < -0.4 is 0 Å². The Labute approximate surface area is 446 Å². The number of para-hydroxylation sites is 2. The van der Waals surface area contributed by atoms with E-state index in [1.807, 2.05) is 30.3 Å². The number of halogens is 2. The Morgan fingerprint density at radius 2 is 0.671 bits per heavy atom. The van der Waals surface area contributed by atoms with E-state index in [1.165, 1.54) is 47.8 Å². The summed E-state index contributed by atoms with van der Waals surface area (Å²) in [5.41, 5.74) is 7.15. The summed E-state index contributed by atoms with van der Waals surface area (Å²) in [5.74, 6) is 2.00. The maximum atomic E-state index is 6.70. The summed E-state index contributed by atoms with van der Waals surface area (Å²) in [4.78, 5) is 28.5. The van der Waals surface area contributed by atoms with E-state index in [4.69, 9.17) is 37.6 Å². The van der Waals surface area contributed by atoms with Crippen LogP contribution in [0.3, 0.4) is 0 Å². The number of rotatable bonds is 5. The van der Waals surface area contributed by atoms with E-state index in [1.54, 1.807) is 11.3 Å². The SMILES string of the molecule is Clc1nc(-c2ccc3c(c2)sc2ccc(-c4ccc5c6ccc(-c7nc(Cl)nc(-c8cccc9c8oc8ccccc89)n7)cc6c6ccccc6c5c4)cc23)nc(-c2ccc3c4ccccc4c4ccccc4c3c2)n1. The second kappa shape index (κ2) is 16.7. The first kappa shape index (κ1) is 43.2. The summed E-state index contributed by atoms with van der Waals surface area (Å²) in [5, 5.41) is 18.7. The van der Waals surface area contributed by atoms with Crippen molar-refractivity contribution in [3.63, 3.8) is 0 Å². The van der Waals surface area contributed by atoms with Crippen LogP contribution in [-0.4, -0.2) is 29.9 Å². The number of hydrogen-bond donors (Lipinski definition) is 0. The minimum absolute atomic E-state index is 0.113. The molecule has 0 spiro atoms. The van der Waals surface area contributed by atoms with Gasteiger partial charge in [-0.15, -0.1) is 11.3 Å². The third-order valence-electron chi connectivity index (χ3n) is 15.0. The number of benzene rings is 12. The van der Waals surface area contributed by atoms with Crippen molar-refractivity contribution >= 4 is 141 Å². The van der Waals surface area contributed by atoms with Crippen molar-refractivity contribution in [1.29, 1.82) is 0 Å². The van der Waals surface area contributed by atoms with Crippen LogP contribution in [0.15, 0.2) is 211 Å². The third-order valence-corrected chi connectivity index (χ3v) is 16.5. The van der Waals surface area contributed by atoms with Gasteiger partial charge in [-0.2, -0.15) is 19.9 Å². The van der Waals surface area contributed by atoms with Crippen molar-refractivity contribution in [3.8, 4) is 56.7 Å². The van der Waals surface area contributed by atoms with Gasteiger partial charge in [0.05, 0.1) is 5.56 Å². The minimum atomic E-state index is 0.113. The second-order valence-electron chi connectivity index (χ2n) is 19.2. The van der Waals surface area contributed by atoms with Crippen molar-refractivity contribution < 1.29 is 4.42 Å². The summed E-state index contributed by atoms with van der Waals surface area (Å²) in [7, 11) is 0. The van der Waals surface area contributed by atoms with Crippen LogP contribution in [-0.2, 0) is 0 Å². The number of aromatic nitrogens is 6. The molecular formula is C66H34Cl2N6OS. The highest BCUT2D eigenvalue weighted by Crippen LogP contribution is 2.43. The van der Waals surface area contributed by atoms with Crippen molar-refractivity contribution in [2.45, 2.75) is 0 Å². The van der Waals surface area contributed by atoms with Gasteiger partial charge in [0, 0.05) is 47.6 Å². The van der Waals surface area contributed by atoms with Gasteiger partial charge in [0.2, 0.25) is 10.6 Å².